The Morgan fingerprint density at radius 3 is 2.60 bits per heavy atom. The van der Waals surface area contributed by atoms with Crippen molar-refractivity contribution in [2.45, 2.75) is 12.2 Å². The fraction of sp³-hybridized carbons (Fsp3) is 0.500. The predicted octanol–water partition coefficient (Wildman–Crippen LogP) is -1.47. The van der Waals surface area contributed by atoms with Crippen LogP contribution in [0.4, 0.5) is 0 Å². The molecule has 1 aliphatic heterocycles. The van der Waals surface area contributed by atoms with Crippen LogP contribution in [0.2, 0.25) is 0 Å². The second kappa shape index (κ2) is 4.14. The maximum atomic E-state index is 10.4. The first-order valence-corrected chi connectivity index (χ1v) is 5.08. The number of rotatable bonds is 3. The van der Waals surface area contributed by atoms with Crippen LogP contribution in [-0.2, 0) is 24.1 Å². The third kappa shape index (κ3) is 3.47. The van der Waals surface area contributed by atoms with Gasteiger partial charge in [0.15, 0.2) is 0 Å². The second-order valence-corrected chi connectivity index (χ2v) is 3.75. The van der Waals surface area contributed by atoms with E-state index >= 15 is 0 Å². The van der Waals surface area contributed by atoms with Crippen LogP contribution >= 0.6 is 0 Å². The Balaban J connectivity index is 2.73. The summed E-state index contributed by atoms with van der Waals surface area (Å²) in [5, 5.41) is 17.7. The average molecular weight is 240 g/mol. The molecule has 86 valence electrons. The Bertz CT molecular complexity index is 382. The van der Waals surface area contributed by atoms with Crippen LogP contribution < -0.4 is 0 Å². The van der Waals surface area contributed by atoms with Gasteiger partial charge in [-0.1, -0.05) is 0 Å². The lowest BCUT2D eigenvalue weighted by molar-refractivity contribution is -0.138. The van der Waals surface area contributed by atoms with E-state index in [0.29, 0.717) is 0 Å². The Hall–Kier alpha value is -1.16. The number of hydrogen-bond acceptors (Lipinski definition) is 6. The molecule has 0 aromatic heterocycles. The normalized spacial score (nSPS) is 26.7. The number of carbonyl (C=O) groups is 1. The van der Waals surface area contributed by atoms with Gasteiger partial charge in [-0.15, -0.1) is 0 Å². The van der Waals surface area contributed by atoms with E-state index in [9.17, 15) is 18.3 Å². The molecule has 1 aliphatic rings. The van der Waals surface area contributed by atoms with Crippen LogP contribution in [-0.4, -0.2) is 48.0 Å². The molecule has 0 saturated carbocycles. The molecular weight excluding hydrogens is 232 g/mol. The second-order valence-electron chi connectivity index (χ2n) is 2.70. The molecule has 1 heterocycles. The highest BCUT2D eigenvalue weighted by Gasteiger charge is 2.31. The first kappa shape index (κ1) is 11.9. The molecule has 0 saturated heterocycles. The highest BCUT2D eigenvalue weighted by Crippen LogP contribution is 2.15. The van der Waals surface area contributed by atoms with E-state index in [2.05, 4.69) is 8.92 Å². The monoisotopic (exact) mass is 240 g/mol. The molecule has 0 fully saturated rings. The minimum Gasteiger partial charge on any atom is -0.484 e. The van der Waals surface area contributed by atoms with E-state index < -0.39 is 40.9 Å². The largest absolute Gasteiger partial charge is 0.484 e. The van der Waals surface area contributed by atoms with Crippen LogP contribution in [0.25, 0.3) is 0 Å². The SMILES string of the molecule is O=C(O)C1=CC(O)C(OS(=O)(=O)O)CO1. The number of carboxylic acids is 1. The summed E-state index contributed by atoms with van der Waals surface area (Å²) >= 11 is 0. The molecule has 0 spiro atoms. The summed E-state index contributed by atoms with van der Waals surface area (Å²) in [5.41, 5.74) is 0. The molecule has 8 nitrogen and oxygen atoms in total. The Labute approximate surface area is 84.7 Å². The fourth-order valence-corrected chi connectivity index (χ4v) is 1.44. The summed E-state index contributed by atoms with van der Waals surface area (Å²) < 4.78 is 37.5. The molecule has 0 aromatic carbocycles. The van der Waals surface area contributed by atoms with Gasteiger partial charge in [0.05, 0.1) is 0 Å². The Morgan fingerprint density at radius 1 is 1.60 bits per heavy atom. The Morgan fingerprint density at radius 2 is 2.20 bits per heavy atom. The highest BCUT2D eigenvalue weighted by molar-refractivity contribution is 7.80. The van der Waals surface area contributed by atoms with Gasteiger partial charge in [0.1, 0.15) is 18.8 Å². The number of aliphatic carboxylic acids is 1. The molecule has 0 amide bonds. The number of carboxylic acid groups (broad SMARTS) is 1. The van der Waals surface area contributed by atoms with Gasteiger partial charge >= 0.3 is 16.4 Å². The lowest BCUT2D eigenvalue weighted by atomic mass is 10.1. The van der Waals surface area contributed by atoms with Crippen LogP contribution in [0.1, 0.15) is 0 Å². The van der Waals surface area contributed by atoms with Crippen molar-refractivity contribution in [1.29, 1.82) is 0 Å². The third-order valence-electron chi connectivity index (χ3n) is 1.56. The Kier molecular flexibility index (Phi) is 3.29. The van der Waals surface area contributed by atoms with Crippen molar-refractivity contribution in [1.82, 2.24) is 0 Å². The van der Waals surface area contributed by atoms with Crippen molar-refractivity contribution >= 4 is 16.4 Å². The summed E-state index contributed by atoms with van der Waals surface area (Å²) in [4.78, 5) is 10.4. The van der Waals surface area contributed by atoms with Gasteiger partial charge < -0.3 is 14.9 Å². The molecule has 0 bridgehead atoms. The van der Waals surface area contributed by atoms with Crippen LogP contribution in [0, 0.1) is 0 Å². The summed E-state index contributed by atoms with van der Waals surface area (Å²) in [5.74, 6) is -1.89. The van der Waals surface area contributed by atoms with E-state index in [1.54, 1.807) is 0 Å². The predicted molar refractivity (Wildman–Crippen MR) is 44.1 cm³/mol. The van der Waals surface area contributed by atoms with Crippen molar-refractivity contribution in [2.75, 3.05) is 6.61 Å². The summed E-state index contributed by atoms with van der Waals surface area (Å²) in [7, 11) is -4.71. The van der Waals surface area contributed by atoms with Gasteiger partial charge in [0.25, 0.3) is 0 Å². The zero-order valence-electron chi connectivity index (χ0n) is 7.23. The first-order valence-electron chi connectivity index (χ1n) is 3.71. The molecule has 9 heteroatoms. The molecule has 0 aromatic rings. The molecule has 0 radical (unpaired) electrons. The van der Waals surface area contributed by atoms with Gasteiger partial charge in [0, 0.05) is 0 Å². The summed E-state index contributed by atoms with van der Waals surface area (Å²) in [6.07, 6.45) is -2.06. The van der Waals surface area contributed by atoms with Crippen molar-refractivity contribution in [3.8, 4) is 0 Å². The van der Waals surface area contributed by atoms with Crippen LogP contribution in [0.5, 0.6) is 0 Å². The lowest BCUT2D eigenvalue weighted by Gasteiger charge is -2.24. The molecule has 2 atom stereocenters. The van der Waals surface area contributed by atoms with Crippen LogP contribution in [0.15, 0.2) is 11.8 Å². The fourth-order valence-electron chi connectivity index (χ4n) is 0.955. The number of aliphatic hydroxyl groups excluding tert-OH is 1. The van der Waals surface area contributed by atoms with E-state index in [4.69, 9.17) is 9.66 Å². The van der Waals surface area contributed by atoms with Crippen LogP contribution in [0.3, 0.4) is 0 Å². The minimum absolute atomic E-state index is 0.487. The highest BCUT2D eigenvalue weighted by atomic mass is 32.3. The van der Waals surface area contributed by atoms with Crippen molar-refractivity contribution < 1.29 is 36.9 Å². The van der Waals surface area contributed by atoms with E-state index in [1.165, 1.54) is 0 Å². The number of hydrogen-bond donors (Lipinski definition) is 3. The van der Waals surface area contributed by atoms with Gasteiger partial charge in [0.2, 0.25) is 5.76 Å². The number of ether oxygens (including phenoxy) is 1. The number of aliphatic hydroxyl groups is 1. The van der Waals surface area contributed by atoms with E-state index in [1.807, 2.05) is 0 Å². The smallest absolute Gasteiger partial charge is 0.397 e. The maximum absolute atomic E-state index is 10.4. The average Bonchev–Trinajstić information content (AvgIpc) is 2.05. The molecule has 3 N–H and O–H groups in total. The standard InChI is InChI=1S/C6H8O8S/c7-3-1-4(6(8)9)13-2-5(3)14-15(10,11)12/h1,3,5,7H,2H2,(H,8,9)(H,10,11,12). The molecule has 15 heavy (non-hydrogen) atoms. The van der Waals surface area contributed by atoms with E-state index in [0.717, 1.165) is 6.08 Å². The molecule has 0 aliphatic carbocycles. The molecule has 1 rings (SSSR count). The zero-order chi connectivity index (χ0) is 11.6. The van der Waals surface area contributed by atoms with Gasteiger partial charge in [-0.3, -0.25) is 4.55 Å². The van der Waals surface area contributed by atoms with Crippen molar-refractivity contribution in [3.05, 3.63) is 11.8 Å². The summed E-state index contributed by atoms with van der Waals surface area (Å²) in [6.45, 7) is -0.487. The van der Waals surface area contributed by atoms with Crippen molar-refractivity contribution in [3.63, 3.8) is 0 Å². The van der Waals surface area contributed by atoms with Crippen molar-refractivity contribution in [2.24, 2.45) is 0 Å². The van der Waals surface area contributed by atoms with Gasteiger partial charge in [-0.2, -0.15) is 8.42 Å². The zero-order valence-corrected chi connectivity index (χ0v) is 8.05. The maximum Gasteiger partial charge on any atom is 0.397 e. The third-order valence-corrected chi connectivity index (χ3v) is 2.05. The van der Waals surface area contributed by atoms with Gasteiger partial charge in [-0.25, -0.2) is 8.98 Å². The minimum atomic E-state index is -4.71. The molecular formula is C6H8O8S. The first-order chi connectivity index (χ1) is 6.79. The summed E-state index contributed by atoms with van der Waals surface area (Å²) in [6, 6.07) is 0. The topological polar surface area (TPSA) is 130 Å². The lowest BCUT2D eigenvalue weighted by Crippen LogP contribution is -2.38. The van der Waals surface area contributed by atoms with Gasteiger partial charge in [-0.05, 0) is 6.08 Å². The molecule has 2 unspecified atom stereocenters. The quantitative estimate of drug-likeness (QED) is 0.510. The van der Waals surface area contributed by atoms with E-state index in [-0.39, 0.29) is 0 Å².